The molecule has 0 aliphatic rings. The van der Waals surface area contributed by atoms with Gasteiger partial charge in [0.2, 0.25) is 0 Å². The Balaban J connectivity index is 3.80. The first-order chi connectivity index (χ1) is 2.94. The van der Waals surface area contributed by atoms with E-state index in [0.717, 1.165) is 0 Å². The molecule has 0 aromatic heterocycles. The van der Waals surface area contributed by atoms with Gasteiger partial charge in [0, 0.05) is 0 Å². The minimum atomic E-state index is -4.63. The fraction of sp³-hybridized carbons (Fsp3) is 1.00. The first kappa shape index (κ1) is 7.07. The highest BCUT2D eigenvalue weighted by atomic mass is 31.2. The molecular weight excluding hydrogens is 123 g/mol. The SMILES string of the molecule is O=P(O)(O)C(O)O. The Labute approximate surface area is 39.4 Å². The summed E-state index contributed by atoms with van der Waals surface area (Å²) in [5.74, 6) is 0. The average Bonchev–Trinajstić information content (AvgIpc) is 1.31. The Morgan fingerprint density at radius 1 is 1.29 bits per heavy atom. The Bertz CT molecular complexity index is 90.3. The molecule has 0 heterocycles. The monoisotopic (exact) mass is 128 g/mol. The van der Waals surface area contributed by atoms with E-state index in [0.29, 0.717) is 0 Å². The molecule has 0 radical (unpaired) electrons. The number of rotatable bonds is 1. The lowest BCUT2D eigenvalue weighted by atomic mass is 11.5. The number of hydrogen-bond donors (Lipinski definition) is 4. The summed E-state index contributed by atoms with van der Waals surface area (Å²) in [6, 6.07) is -2.53. The van der Waals surface area contributed by atoms with Crippen molar-refractivity contribution in [2.24, 2.45) is 0 Å². The molecule has 0 aromatic carbocycles. The van der Waals surface area contributed by atoms with Gasteiger partial charge in [-0.15, -0.1) is 0 Å². The smallest absolute Gasteiger partial charge is 0.359 e. The van der Waals surface area contributed by atoms with Crippen LogP contribution in [0.2, 0.25) is 0 Å². The topological polar surface area (TPSA) is 98.0 Å². The fourth-order valence-corrected chi connectivity index (χ4v) is 0. The minimum Gasteiger partial charge on any atom is -0.359 e. The molecular formula is CH5O5P. The van der Waals surface area contributed by atoms with E-state index in [2.05, 4.69) is 0 Å². The van der Waals surface area contributed by atoms with Crippen molar-refractivity contribution in [2.75, 3.05) is 0 Å². The minimum absolute atomic E-state index is 2.53. The van der Waals surface area contributed by atoms with Gasteiger partial charge in [-0.2, -0.15) is 0 Å². The predicted octanol–water partition coefficient (Wildman–Crippen LogP) is -1.57. The van der Waals surface area contributed by atoms with Gasteiger partial charge in [-0.25, -0.2) is 0 Å². The molecule has 5 nitrogen and oxygen atoms in total. The summed E-state index contributed by atoms with van der Waals surface area (Å²) < 4.78 is 9.53. The molecule has 0 amide bonds. The summed E-state index contributed by atoms with van der Waals surface area (Å²) in [4.78, 5) is 15.4. The first-order valence-electron chi connectivity index (χ1n) is 1.36. The molecule has 0 atom stereocenters. The van der Waals surface area contributed by atoms with E-state index in [9.17, 15) is 4.57 Å². The van der Waals surface area contributed by atoms with Crippen LogP contribution in [-0.2, 0) is 4.57 Å². The van der Waals surface area contributed by atoms with Crippen molar-refractivity contribution in [3.63, 3.8) is 0 Å². The summed E-state index contributed by atoms with van der Waals surface area (Å²) in [5.41, 5.74) is 0. The van der Waals surface area contributed by atoms with E-state index in [1.807, 2.05) is 0 Å². The Hall–Kier alpha value is 0.0700. The van der Waals surface area contributed by atoms with Crippen LogP contribution in [0.4, 0.5) is 0 Å². The standard InChI is InChI=1S/CH5O5P/c2-1(3)7(4,5)6/h1-3H,(H2,4,5,6). The van der Waals surface area contributed by atoms with Gasteiger partial charge in [0.05, 0.1) is 0 Å². The zero-order valence-corrected chi connectivity index (χ0v) is 4.12. The van der Waals surface area contributed by atoms with Crippen LogP contribution in [0.5, 0.6) is 0 Å². The van der Waals surface area contributed by atoms with E-state index >= 15 is 0 Å². The average molecular weight is 128 g/mol. The molecule has 0 aliphatic carbocycles. The van der Waals surface area contributed by atoms with Crippen LogP contribution in [0.25, 0.3) is 0 Å². The summed E-state index contributed by atoms with van der Waals surface area (Å²) in [6.45, 7) is 0. The van der Waals surface area contributed by atoms with Gasteiger partial charge < -0.3 is 20.0 Å². The summed E-state index contributed by atoms with van der Waals surface area (Å²) >= 11 is 0. The van der Waals surface area contributed by atoms with Gasteiger partial charge in [-0.3, -0.25) is 4.57 Å². The van der Waals surface area contributed by atoms with Gasteiger partial charge in [0.1, 0.15) is 0 Å². The highest BCUT2D eigenvalue weighted by Gasteiger charge is 2.22. The highest BCUT2D eigenvalue weighted by Crippen LogP contribution is 2.37. The maximum Gasteiger partial charge on any atom is 0.380 e. The third-order valence-corrected chi connectivity index (χ3v) is 0.903. The Morgan fingerprint density at radius 2 is 1.43 bits per heavy atom. The Morgan fingerprint density at radius 3 is 1.43 bits per heavy atom. The summed E-state index contributed by atoms with van der Waals surface area (Å²) in [5, 5.41) is 15.4. The van der Waals surface area contributed by atoms with Crippen molar-refractivity contribution in [1.29, 1.82) is 0 Å². The van der Waals surface area contributed by atoms with Gasteiger partial charge in [0.25, 0.3) is 6.03 Å². The van der Waals surface area contributed by atoms with Crippen LogP contribution in [0, 0.1) is 0 Å². The zero-order valence-electron chi connectivity index (χ0n) is 3.22. The largest absolute Gasteiger partial charge is 0.380 e. The van der Waals surface area contributed by atoms with Crippen molar-refractivity contribution in [1.82, 2.24) is 0 Å². The fourth-order valence-electron chi connectivity index (χ4n) is 0. The van der Waals surface area contributed by atoms with Crippen LogP contribution in [0.3, 0.4) is 0 Å². The number of aliphatic hydroxyl groups is 2. The van der Waals surface area contributed by atoms with Crippen molar-refractivity contribution in [3.8, 4) is 0 Å². The highest BCUT2D eigenvalue weighted by molar-refractivity contribution is 7.52. The molecule has 6 heteroatoms. The molecule has 4 N–H and O–H groups in total. The van der Waals surface area contributed by atoms with Crippen LogP contribution < -0.4 is 0 Å². The molecule has 7 heavy (non-hydrogen) atoms. The van der Waals surface area contributed by atoms with Crippen LogP contribution >= 0.6 is 7.60 Å². The molecule has 0 bridgehead atoms. The molecule has 0 rings (SSSR count). The van der Waals surface area contributed by atoms with E-state index < -0.39 is 13.6 Å². The third kappa shape index (κ3) is 2.73. The second-order valence-corrected chi connectivity index (χ2v) is 2.58. The van der Waals surface area contributed by atoms with Crippen molar-refractivity contribution >= 4 is 7.60 Å². The summed E-state index contributed by atoms with van der Waals surface area (Å²) in [7, 11) is -4.63. The van der Waals surface area contributed by atoms with Crippen molar-refractivity contribution in [3.05, 3.63) is 0 Å². The maximum atomic E-state index is 9.53. The van der Waals surface area contributed by atoms with Crippen molar-refractivity contribution in [2.45, 2.75) is 6.03 Å². The lowest BCUT2D eigenvalue weighted by molar-refractivity contribution is 0.00915. The van der Waals surface area contributed by atoms with Crippen LogP contribution in [-0.4, -0.2) is 26.0 Å². The van der Waals surface area contributed by atoms with Gasteiger partial charge in [-0.1, -0.05) is 0 Å². The van der Waals surface area contributed by atoms with E-state index in [-0.39, 0.29) is 0 Å². The molecule has 0 saturated heterocycles. The normalized spacial score (nSPS) is 12.7. The van der Waals surface area contributed by atoms with Gasteiger partial charge >= 0.3 is 7.60 Å². The molecule has 0 spiro atoms. The lowest BCUT2D eigenvalue weighted by Crippen LogP contribution is -2.03. The zero-order chi connectivity index (χ0) is 6.08. The molecule has 0 unspecified atom stereocenters. The second-order valence-electron chi connectivity index (χ2n) is 0.936. The maximum absolute atomic E-state index is 9.53. The lowest BCUT2D eigenvalue weighted by Gasteiger charge is -2.02. The Kier molecular flexibility index (Phi) is 1.92. The molecule has 0 aliphatic heterocycles. The van der Waals surface area contributed by atoms with E-state index in [1.165, 1.54) is 0 Å². The number of aliphatic hydroxyl groups excluding tert-OH is 1. The molecule has 0 saturated carbocycles. The molecule has 0 aromatic rings. The van der Waals surface area contributed by atoms with Crippen molar-refractivity contribution < 1.29 is 24.6 Å². The third-order valence-electron chi connectivity index (χ3n) is 0.301. The van der Waals surface area contributed by atoms with Crippen LogP contribution in [0.15, 0.2) is 0 Å². The van der Waals surface area contributed by atoms with Gasteiger partial charge in [-0.05, 0) is 0 Å². The first-order valence-corrected chi connectivity index (χ1v) is 3.04. The van der Waals surface area contributed by atoms with E-state index in [1.54, 1.807) is 0 Å². The second kappa shape index (κ2) is 1.90. The van der Waals surface area contributed by atoms with E-state index in [4.69, 9.17) is 20.0 Å². The number of hydrogen-bond acceptors (Lipinski definition) is 3. The van der Waals surface area contributed by atoms with Gasteiger partial charge in [0.15, 0.2) is 0 Å². The summed E-state index contributed by atoms with van der Waals surface area (Å²) in [6.07, 6.45) is 0. The molecule has 0 fully saturated rings. The quantitative estimate of drug-likeness (QED) is 0.252. The van der Waals surface area contributed by atoms with Crippen LogP contribution in [0.1, 0.15) is 0 Å². The predicted molar refractivity (Wildman–Crippen MR) is 20.3 cm³/mol. The molecule has 44 valence electrons.